The Morgan fingerprint density at radius 3 is 2.67 bits per heavy atom. The van der Waals surface area contributed by atoms with Gasteiger partial charge in [-0.2, -0.15) is 5.48 Å². The summed E-state index contributed by atoms with van der Waals surface area (Å²) in [6.45, 7) is 0.552. The maximum Gasteiger partial charge on any atom is 0.314 e. The summed E-state index contributed by atoms with van der Waals surface area (Å²) in [5, 5.41) is 11.0. The molecule has 2 aromatic rings. The lowest BCUT2D eigenvalue weighted by atomic mass is 9.99. The zero-order valence-electron chi connectivity index (χ0n) is 10.8. The van der Waals surface area contributed by atoms with Gasteiger partial charge in [-0.25, -0.2) is 0 Å². The van der Waals surface area contributed by atoms with Crippen molar-refractivity contribution in [1.82, 2.24) is 15.4 Å². The Bertz CT molecular complexity index is 818. The Hall–Kier alpha value is -2.52. The fraction of sp³-hybridized carbons (Fsp3) is 0.333. The van der Waals surface area contributed by atoms with Crippen LogP contribution in [0.15, 0.2) is 21.7 Å². The second-order valence-electron chi connectivity index (χ2n) is 4.78. The molecular formula is C12H12N4O5. The monoisotopic (exact) mass is 292 g/mol. The minimum atomic E-state index is -0.846. The van der Waals surface area contributed by atoms with Crippen molar-refractivity contribution < 1.29 is 9.76 Å². The number of aromatic nitrogens is 2. The molecule has 110 valence electrons. The number of H-pyrrole nitrogens is 2. The standard InChI is InChI=1S/C12H12N4O5/c17-11-12(18)14-10-7(8-2-1-3-21-15-8)4-6(16(19)20)5-9(10)13-11/h4-5,8,15H,1-3H2,(H,13,17)(H,14,18). The molecule has 1 aromatic carbocycles. The van der Waals surface area contributed by atoms with E-state index in [2.05, 4.69) is 15.4 Å². The molecule has 1 aliphatic heterocycles. The number of aromatic amines is 2. The number of nitro benzene ring substituents is 1. The van der Waals surface area contributed by atoms with Crippen LogP contribution in [0.4, 0.5) is 5.69 Å². The van der Waals surface area contributed by atoms with Crippen LogP contribution in [0.25, 0.3) is 11.0 Å². The fourth-order valence-corrected chi connectivity index (χ4v) is 2.41. The van der Waals surface area contributed by atoms with Gasteiger partial charge in [0.15, 0.2) is 0 Å². The van der Waals surface area contributed by atoms with Gasteiger partial charge in [-0.05, 0) is 12.8 Å². The maximum absolute atomic E-state index is 11.5. The molecule has 0 aliphatic carbocycles. The average Bonchev–Trinajstić information content (AvgIpc) is 2.48. The second-order valence-corrected chi connectivity index (χ2v) is 4.78. The number of hydrogen-bond donors (Lipinski definition) is 3. The molecule has 0 radical (unpaired) electrons. The molecule has 0 bridgehead atoms. The molecule has 9 nitrogen and oxygen atoms in total. The van der Waals surface area contributed by atoms with E-state index in [9.17, 15) is 19.7 Å². The third-order valence-electron chi connectivity index (χ3n) is 3.40. The highest BCUT2D eigenvalue weighted by Crippen LogP contribution is 2.30. The number of nitro groups is 1. The van der Waals surface area contributed by atoms with E-state index in [-0.39, 0.29) is 17.2 Å². The van der Waals surface area contributed by atoms with Gasteiger partial charge >= 0.3 is 11.1 Å². The van der Waals surface area contributed by atoms with Crippen LogP contribution in [0.3, 0.4) is 0 Å². The predicted molar refractivity (Wildman–Crippen MR) is 72.9 cm³/mol. The van der Waals surface area contributed by atoms with Crippen LogP contribution in [0.1, 0.15) is 24.4 Å². The summed E-state index contributed by atoms with van der Waals surface area (Å²) in [6.07, 6.45) is 1.49. The summed E-state index contributed by atoms with van der Waals surface area (Å²) >= 11 is 0. The van der Waals surface area contributed by atoms with E-state index in [0.29, 0.717) is 24.1 Å². The molecular weight excluding hydrogens is 280 g/mol. The van der Waals surface area contributed by atoms with Crippen molar-refractivity contribution in [1.29, 1.82) is 0 Å². The van der Waals surface area contributed by atoms with Gasteiger partial charge in [0.1, 0.15) is 0 Å². The molecule has 1 aliphatic rings. The van der Waals surface area contributed by atoms with Gasteiger partial charge in [0.05, 0.1) is 28.6 Å². The Kier molecular flexibility index (Phi) is 3.28. The topological polar surface area (TPSA) is 130 Å². The number of hydroxylamine groups is 1. The average molecular weight is 292 g/mol. The molecule has 3 rings (SSSR count). The van der Waals surface area contributed by atoms with E-state index in [1.165, 1.54) is 12.1 Å². The van der Waals surface area contributed by atoms with E-state index >= 15 is 0 Å². The zero-order chi connectivity index (χ0) is 15.0. The minimum absolute atomic E-state index is 0.160. The first-order valence-corrected chi connectivity index (χ1v) is 6.38. The Balaban J connectivity index is 2.28. The van der Waals surface area contributed by atoms with Gasteiger partial charge in [0.2, 0.25) is 0 Å². The summed E-state index contributed by atoms with van der Waals surface area (Å²) in [5.41, 5.74) is 2.10. The van der Waals surface area contributed by atoms with Crippen LogP contribution in [0.2, 0.25) is 0 Å². The van der Waals surface area contributed by atoms with Gasteiger partial charge < -0.3 is 14.8 Å². The third kappa shape index (κ3) is 2.43. The Morgan fingerprint density at radius 2 is 2.00 bits per heavy atom. The van der Waals surface area contributed by atoms with Crippen molar-refractivity contribution >= 4 is 16.7 Å². The maximum atomic E-state index is 11.5. The number of nitrogens with one attached hydrogen (secondary N) is 3. The van der Waals surface area contributed by atoms with Crippen LogP contribution in [-0.2, 0) is 4.84 Å². The number of fused-ring (bicyclic) bond motifs is 1. The third-order valence-corrected chi connectivity index (χ3v) is 3.40. The summed E-state index contributed by atoms with van der Waals surface area (Å²) in [6, 6.07) is 2.31. The van der Waals surface area contributed by atoms with Crippen molar-refractivity contribution in [2.75, 3.05) is 6.61 Å². The SMILES string of the molecule is O=c1[nH]c2cc([N+](=O)[O-])cc(C3CCCON3)c2[nH]c1=O. The Labute approximate surface area is 117 Å². The van der Waals surface area contributed by atoms with Crippen molar-refractivity contribution in [2.24, 2.45) is 0 Å². The van der Waals surface area contributed by atoms with Crippen molar-refractivity contribution in [3.63, 3.8) is 0 Å². The first kappa shape index (κ1) is 13.5. The van der Waals surface area contributed by atoms with Crippen LogP contribution in [0.5, 0.6) is 0 Å². The number of hydrogen-bond acceptors (Lipinski definition) is 6. The molecule has 1 atom stereocenters. The van der Waals surface area contributed by atoms with Gasteiger partial charge in [0.25, 0.3) is 5.69 Å². The van der Waals surface area contributed by atoms with Crippen molar-refractivity contribution in [3.8, 4) is 0 Å². The van der Waals surface area contributed by atoms with Gasteiger partial charge in [-0.15, -0.1) is 0 Å². The Morgan fingerprint density at radius 1 is 1.24 bits per heavy atom. The summed E-state index contributed by atoms with van der Waals surface area (Å²) in [4.78, 5) is 43.4. The van der Waals surface area contributed by atoms with E-state index in [4.69, 9.17) is 4.84 Å². The number of benzene rings is 1. The van der Waals surface area contributed by atoms with E-state index in [1.807, 2.05) is 0 Å². The van der Waals surface area contributed by atoms with Crippen molar-refractivity contribution in [2.45, 2.75) is 18.9 Å². The first-order chi connectivity index (χ1) is 10.1. The van der Waals surface area contributed by atoms with Crippen LogP contribution >= 0.6 is 0 Å². The number of nitrogens with zero attached hydrogens (tertiary/aromatic N) is 1. The number of non-ortho nitro benzene ring substituents is 1. The van der Waals surface area contributed by atoms with E-state index in [1.54, 1.807) is 0 Å². The molecule has 2 heterocycles. The molecule has 0 saturated carbocycles. The smallest absolute Gasteiger partial charge is 0.314 e. The molecule has 0 spiro atoms. The fourth-order valence-electron chi connectivity index (χ4n) is 2.41. The highest BCUT2D eigenvalue weighted by molar-refractivity contribution is 5.81. The molecule has 9 heteroatoms. The van der Waals surface area contributed by atoms with Crippen LogP contribution < -0.4 is 16.6 Å². The van der Waals surface area contributed by atoms with Gasteiger partial charge in [-0.3, -0.25) is 19.7 Å². The van der Waals surface area contributed by atoms with Gasteiger partial charge in [-0.1, -0.05) is 0 Å². The largest absolute Gasteiger partial charge is 0.316 e. The summed E-state index contributed by atoms with van der Waals surface area (Å²) in [5.74, 6) is 0. The second kappa shape index (κ2) is 5.11. The quantitative estimate of drug-likeness (QED) is 0.419. The molecule has 1 fully saturated rings. The lowest BCUT2D eigenvalue weighted by molar-refractivity contribution is -0.384. The molecule has 1 unspecified atom stereocenters. The predicted octanol–water partition coefficient (Wildman–Crippen LogP) is 0.481. The molecule has 21 heavy (non-hydrogen) atoms. The zero-order valence-corrected chi connectivity index (χ0v) is 10.8. The summed E-state index contributed by atoms with van der Waals surface area (Å²) < 4.78 is 0. The highest BCUT2D eigenvalue weighted by atomic mass is 16.6. The number of rotatable bonds is 2. The summed E-state index contributed by atoms with van der Waals surface area (Å²) in [7, 11) is 0. The lowest BCUT2D eigenvalue weighted by Crippen LogP contribution is -2.31. The first-order valence-electron chi connectivity index (χ1n) is 6.38. The molecule has 3 N–H and O–H groups in total. The van der Waals surface area contributed by atoms with Crippen LogP contribution in [-0.4, -0.2) is 21.5 Å². The molecule has 0 amide bonds. The van der Waals surface area contributed by atoms with E-state index in [0.717, 1.165) is 6.42 Å². The lowest BCUT2D eigenvalue weighted by Gasteiger charge is -2.24. The highest BCUT2D eigenvalue weighted by Gasteiger charge is 2.22. The minimum Gasteiger partial charge on any atom is -0.316 e. The van der Waals surface area contributed by atoms with Crippen LogP contribution in [0, 0.1) is 10.1 Å². The van der Waals surface area contributed by atoms with Crippen molar-refractivity contribution in [3.05, 3.63) is 48.5 Å². The van der Waals surface area contributed by atoms with E-state index < -0.39 is 16.0 Å². The van der Waals surface area contributed by atoms with Gasteiger partial charge in [0, 0.05) is 17.7 Å². The molecule has 1 saturated heterocycles. The normalized spacial score (nSPS) is 18.8. The molecule has 1 aromatic heterocycles.